The number of anilines is 1. The van der Waals surface area contributed by atoms with E-state index in [2.05, 4.69) is 40.0 Å². The molecule has 2 N–H and O–H groups in total. The molecule has 1 aromatic heterocycles. The Morgan fingerprint density at radius 2 is 2.28 bits per heavy atom. The Bertz CT molecular complexity index is 532. The molecule has 0 bridgehead atoms. The van der Waals surface area contributed by atoms with Gasteiger partial charge in [0, 0.05) is 19.8 Å². The first-order valence-electron chi connectivity index (χ1n) is 6.36. The van der Waals surface area contributed by atoms with Crippen LogP contribution in [0.25, 0.3) is 0 Å². The van der Waals surface area contributed by atoms with Gasteiger partial charge >= 0.3 is 0 Å². The Hall–Kier alpha value is -1.81. The molecule has 0 aliphatic carbocycles. The second-order valence-corrected chi connectivity index (χ2v) is 4.76. The van der Waals surface area contributed by atoms with Crippen LogP contribution in [0.4, 0.5) is 5.69 Å². The molecule has 0 saturated heterocycles. The fourth-order valence-corrected chi connectivity index (χ4v) is 2.51. The lowest BCUT2D eigenvalue weighted by Gasteiger charge is -2.19. The molecule has 0 saturated carbocycles. The molecule has 1 aliphatic rings. The van der Waals surface area contributed by atoms with Crippen molar-refractivity contribution in [1.82, 2.24) is 15.1 Å². The number of nitrogens with one attached hydrogen (secondary N) is 2. The zero-order valence-corrected chi connectivity index (χ0v) is 10.6. The lowest BCUT2D eigenvalue weighted by atomic mass is 9.99. The minimum atomic E-state index is 0.361. The van der Waals surface area contributed by atoms with Crippen molar-refractivity contribution in [2.24, 2.45) is 7.05 Å². The van der Waals surface area contributed by atoms with E-state index in [1.54, 1.807) is 0 Å². The van der Waals surface area contributed by atoms with Gasteiger partial charge in [0.05, 0.1) is 17.9 Å². The maximum absolute atomic E-state index is 4.20. The van der Waals surface area contributed by atoms with E-state index in [0.29, 0.717) is 6.04 Å². The highest BCUT2D eigenvalue weighted by Gasteiger charge is 2.17. The van der Waals surface area contributed by atoms with Crippen LogP contribution in [-0.2, 0) is 13.6 Å². The molecule has 2 heterocycles. The zero-order valence-electron chi connectivity index (χ0n) is 10.6. The maximum Gasteiger partial charge on any atom is 0.0731 e. The largest absolute Gasteiger partial charge is 0.376 e. The summed E-state index contributed by atoms with van der Waals surface area (Å²) in [5.74, 6) is 0. The van der Waals surface area contributed by atoms with Crippen molar-refractivity contribution in [2.75, 3.05) is 11.9 Å². The third kappa shape index (κ3) is 2.24. The van der Waals surface area contributed by atoms with Gasteiger partial charge in [0.1, 0.15) is 0 Å². The van der Waals surface area contributed by atoms with Gasteiger partial charge in [-0.05, 0) is 24.1 Å². The van der Waals surface area contributed by atoms with Crippen LogP contribution in [0.15, 0.2) is 36.7 Å². The SMILES string of the molecule is Cn1cc(NC2CCNCc3ccccc32)cn1. The molecule has 1 unspecified atom stereocenters. The molecule has 94 valence electrons. The monoisotopic (exact) mass is 242 g/mol. The summed E-state index contributed by atoms with van der Waals surface area (Å²) in [6.07, 6.45) is 4.98. The van der Waals surface area contributed by atoms with Gasteiger partial charge in [-0.3, -0.25) is 4.68 Å². The highest BCUT2D eigenvalue weighted by Crippen LogP contribution is 2.26. The Morgan fingerprint density at radius 1 is 1.39 bits per heavy atom. The predicted octanol–water partition coefficient (Wildman–Crippen LogP) is 2.07. The maximum atomic E-state index is 4.20. The molecule has 2 aromatic rings. The summed E-state index contributed by atoms with van der Waals surface area (Å²) in [5.41, 5.74) is 3.86. The van der Waals surface area contributed by atoms with E-state index < -0.39 is 0 Å². The fourth-order valence-electron chi connectivity index (χ4n) is 2.51. The molecular formula is C14H18N4. The molecule has 18 heavy (non-hydrogen) atoms. The van der Waals surface area contributed by atoms with Gasteiger partial charge in [-0.2, -0.15) is 5.10 Å². The summed E-state index contributed by atoms with van der Waals surface area (Å²) in [5, 5.41) is 11.2. The van der Waals surface area contributed by atoms with Crippen molar-refractivity contribution >= 4 is 5.69 Å². The summed E-state index contributed by atoms with van der Waals surface area (Å²) in [6, 6.07) is 9.00. The first-order valence-corrected chi connectivity index (χ1v) is 6.36. The number of benzene rings is 1. The number of rotatable bonds is 2. The Kier molecular flexibility index (Phi) is 3.02. The van der Waals surface area contributed by atoms with Crippen LogP contribution in [0.3, 0.4) is 0 Å². The van der Waals surface area contributed by atoms with E-state index in [4.69, 9.17) is 0 Å². The Labute approximate surface area is 107 Å². The van der Waals surface area contributed by atoms with Gasteiger partial charge in [-0.1, -0.05) is 24.3 Å². The topological polar surface area (TPSA) is 41.9 Å². The Balaban J connectivity index is 1.87. The van der Waals surface area contributed by atoms with Crippen LogP contribution >= 0.6 is 0 Å². The van der Waals surface area contributed by atoms with Crippen molar-refractivity contribution in [3.63, 3.8) is 0 Å². The van der Waals surface area contributed by atoms with Crippen LogP contribution in [-0.4, -0.2) is 16.3 Å². The van der Waals surface area contributed by atoms with Gasteiger partial charge in [-0.25, -0.2) is 0 Å². The lowest BCUT2D eigenvalue weighted by molar-refractivity contribution is 0.637. The number of nitrogens with zero attached hydrogens (tertiary/aromatic N) is 2. The molecule has 4 nitrogen and oxygen atoms in total. The van der Waals surface area contributed by atoms with Gasteiger partial charge in [-0.15, -0.1) is 0 Å². The number of hydrogen-bond donors (Lipinski definition) is 2. The summed E-state index contributed by atoms with van der Waals surface area (Å²) in [4.78, 5) is 0. The van der Waals surface area contributed by atoms with Crippen LogP contribution in [0.1, 0.15) is 23.6 Å². The third-order valence-corrected chi connectivity index (χ3v) is 3.40. The summed E-state index contributed by atoms with van der Waals surface area (Å²) in [7, 11) is 1.94. The second-order valence-electron chi connectivity index (χ2n) is 4.76. The average Bonchev–Trinajstić information content (AvgIpc) is 2.68. The van der Waals surface area contributed by atoms with Crippen LogP contribution in [0.5, 0.6) is 0 Å². The number of hydrogen-bond acceptors (Lipinski definition) is 3. The van der Waals surface area contributed by atoms with E-state index in [0.717, 1.165) is 25.2 Å². The minimum absolute atomic E-state index is 0.361. The van der Waals surface area contributed by atoms with Crippen molar-refractivity contribution in [3.05, 3.63) is 47.8 Å². The predicted molar refractivity (Wildman–Crippen MR) is 72.3 cm³/mol. The number of aryl methyl sites for hydroxylation is 1. The molecule has 1 atom stereocenters. The van der Waals surface area contributed by atoms with Crippen LogP contribution < -0.4 is 10.6 Å². The number of fused-ring (bicyclic) bond motifs is 1. The molecule has 1 aromatic carbocycles. The fraction of sp³-hybridized carbons (Fsp3) is 0.357. The number of aromatic nitrogens is 2. The van der Waals surface area contributed by atoms with E-state index in [1.807, 2.05) is 24.1 Å². The Morgan fingerprint density at radius 3 is 3.11 bits per heavy atom. The van der Waals surface area contributed by atoms with Crippen molar-refractivity contribution in [3.8, 4) is 0 Å². The first kappa shape index (κ1) is 11.3. The van der Waals surface area contributed by atoms with Gasteiger partial charge in [0.2, 0.25) is 0 Å². The van der Waals surface area contributed by atoms with E-state index in [9.17, 15) is 0 Å². The molecule has 1 aliphatic heterocycles. The molecular weight excluding hydrogens is 224 g/mol. The van der Waals surface area contributed by atoms with Crippen molar-refractivity contribution < 1.29 is 0 Å². The molecule has 3 rings (SSSR count). The van der Waals surface area contributed by atoms with Crippen molar-refractivity contribution in [2.45, 2.75) is 19.0 Å². The third-order valence-electron chi connectivity index (χ3n) is 3.40. The molecule has 4 heteroatoms. The minimum Gasteiger partial charge on any atom is -0.376 e. The first-order chi connectivity index (χ1) is 8.83. The second kappa shape index (κ2) is 4.82. The van der Waals surface area contributed by atoms with Gasteiger partial charge in [0.15, 0.2) is 0 Å². The van der Waals surface area contributed by atoms with E-state index in [-0.39, 0.29) is 0 Å². The van der Waals surface area contributed by atoms with E-state index in [1.165, 1.54) is 11.1 Å². The van der Waals surface area contributed by atoms with Crippen molar-refractivity contribution in [1.29, 1.82) is 0 Å². The van der Waals surface area contributed by atoms with Gasteiger partial charge < -0.3 is 10.6 Å². The standard InChI is InChI=1S/C14H18N4/c1-18-10-12(9-16-18)17-14-6-7-15-8-11-4-2-3-5-13(11)14/h2-5,9-10,14-15,17H,6-8H2,1H3. The van der Waals surface area contributed by atoms with Crippen LogP contribution in [0.2, 0.25) is 0 Å². The molecule has 0 spiro atoms. The lowest BCUT2D eigenvalue weighted by Crippen LogP contribution is -2.15. The highest BCUT2D eigenvalue weighted by molar-refractivity contribution is 5.43. The zero-order chi connectivity index (χ0) is 12.4. The summed E-state index contributed by atoms with van der Waals surface area (Å²) >= 11 is 0. The highest BCUT2D eigenvalue weighted by atomic mass is 15.3. The van der Waals surface area contributed by atoms with E-state index >= 15 is 0 Å². The molecule has 0 radical (unpaired) electrons. The molecule has 0 amide bonds. The molecule has 0 fully saturated rings. The normalized spacial score (nSPS) is 19.1. The smallest absolute Gasteiger partial charge is 0.0731 e. The quantitative estimate of drug-likeness (QED) is 0.847. The summed E-state index contributed by atoms with van der Waals surface area (Å²) in [6.45, 7) is 1.99. The van der Waals surface area contributed by atoms with Crippen LogP contribution in [0, 0.1) is 0 Å². The summed E-state index contributed by atoms with van der Waals surface area (Å²) < 4.78 is 1.82. The van der Waals surface area contributed by atoms with Gasteiger partial charge in [0.25, 0.3) is 0 Å². The average molecular weight is 242 g/mol.